The van der Waals surface area contributed by atoms with Crippen molar-refractivity contribution < 1.29 is 4.79 Å². The first-order chi connectivity index (χ1) is 7.80. The summed E-state index contributed by atoms with van der Waals surface area (Å²) >= 11 is 0. The van der Waals surface area contributed by atoms with Crippen LogP contribution in [0.3, 0.4) is 0 Å². The van der Waals surface area contributed by atoms with Crippen LogP contribution in [-0.2, 0) is 10.2 Å². The highest BCUT2D eigenvalue weighted by molar-refractivity contribution is 5.79. The Labute approximate surface area is 103 Å². The zero-order chi connectivity index (χ0) is 13.1. The maximum atomic E-state index is 11.4. The summed E-state index contributed by atoms with van der Waals surface area (Å²) in [7, 11) is 3.47. The Morgan fingerprint density at radius 3 is 2.41 bits per heavy atom. The van der Waals surface area contributed by atoms with Gasteiger partial charge in [0.05, 0.1) is 6.54 Å². The highest BCUT2D eigenvalue weighted by atomic mass is 16.2. The second-order valence-electron chi connectivity index (χ2n) is 5.32. The van der Waals surface area contributed by atoms with E-state index < -0.39 is 0 Å². The van der Waals surface area contributed by atoms with Crippen LogP contribution >= 0.6 is 0 Å². The minimum Gasteiger partial charge on any atom is -0.361 e. The quantitative estimate of drug-likeness (QED) is 0.870. The minimum atomic E-state index is 0.0340. The third kappa shape index (κ3) is 4.06. The van der Waals surface area contributed by atoms with Gasteiger partial charge < -0.3 is 10.2 Å². The van der Waals surface area contributed by atoms with E-state index in [4.69, 9.17) is 0 Å². The largest absolute Gasteiger partial charge is 0.361 e. The Kier molecular flexibility index (Phi) is 4.10. The first-order valence-corrected chi connectivity index (χ1v) is 5.71. The Bertz CT molecular complexity index is 377. The van der Waals surface area contributed by atoms with Crippen molar-refractivity contribution in [2.45, 2.75) is 26.2 Å². The van der Waals surface area contributed by atoms with Gasteiger partial charge in [0.15, 0.2) is 0 Å². The smallest absolute Gasteiger partial charge is 0.241 e. The lowest BCUT2D eigenvalue weighted by Crippen LogP contribution is -2.28. The summed E-state index contributed by atoms with van der Waals surface area (Å²) in [4.78, 5) is 17.2. The van der Waals surface area contributed by atoms with Gasteiger partial charge in [0.2, 0.25) is 5.91 Å². The number of pyridine rings is 1. The van der Waals surface area contributed by atoms with E-state index in [1.165, 1.54) is 5.56 Å². The molecule has 1 amide bonds. The van der Waals surface area contributed by atoms with Crippen molar-refractivity contribution >= 4 is 11.7 Å². The summed E-state index contributed by atoms with van der Waals surface area (Å²) in [5.74, 6) is 0.764. The van der Waals surface area contributed by atoms with Crippen molar-refractivity contribution in [3.05, 3.63) is 23.9 Å². The lowest BCUT2D eigenvalue weighted by molar-refractivity contribution is -0.126. The fraction of sp³-hybridized carbons (Fsp3) is 0.538. The van der Waals surface area contributed by atoms with Crippen molar-refractivity contribution in [2.75, 3.05) is 26.0 Å². The van der Waals surface area contributed by atoms with E-state index in [0.29, 0.717) is 0 Å². The first kappa shape index (κ1) is 13.5. The van der Waals surface area contributed by atoms with E-state index >= 15 is 0 Å². The molecule has 0 radical (unpaired) electrons. The predicted octanol–water partition coefficient (Wildman–Crippen LogP) is 1.88. The third-order valence-electron chi connectivity index (χ3n) is 2.55. The fourth-order valence-corrected chi connectivity index (χ4v) is 1.27. The first-order valence-electron chi connectivity index (χ1n) is 5.71. The number of carbonyl (C=O) groups is 1. The van der Waals surface area contributed by atoms with Crippen LogP contribution in [0.1, 0.15) is 26.3 Å². The van der Waals surface area contributed by atoms with Gasteiger partial charge in [-0.15, -0.1) is 0 Å². The molecule has 0 aliphatic rings. The molecule has 17 heavy (non-hydrogen) atoms. The van der Waals surface area contributed by atoms with Gasteiger partial charge in [0, 0.05) is 20.3 Å². The number of hydrogen-bond donors (Lipinski definition) is 1. The number of rotatable bonds is 3. The molecule has 0 fully saturated rings. The van der Waals surface area contributed by atoms with Gasteiger partial charge in [0.25, 0.3) is 0 Å². The van der Waals surface area contributed by atoms with Crippen LogP contribution in [0.15, 0.2) is 18.3 Å². The molecule has 0 spiro atoms. The molecule has 0 aliphatic carbocycles. The van der Waals surface area contributed by atoms with Gasteiger partial charge in [-0.1, -0.05) is 26.8 Å². The zero-order valence-electron chi connectivity index (χ0n) is 11.2. The molecule has 0 aliphatic heterocycles. The van der Waals surface area contributed by atoms with E-state index in [-0.39, 0.29) is 17.9 Å². The number of aromatic nitrogens is 1. The van der Waals surface area contributed by atoms with Gasteiger partial charge in [-0.2, -0.15) is 0 Å². The van der Waals surface area contributed by atoms with Crippen LogP contribution in [-0.4, -0.2) is 36.4 Å². The number of anilines is 1. The van der Waals surface area contributed by atoms with Gasteiger partial charge in [-0.05, 0) is 17.0 Å². The van der Waals surface area contributed by atoms with Crippen LogP contribution in [0.5, 0.6) is 0 Å². The van der Waals surface area contributed by atoms with Crippen molar-refractivity contribution in [3.8, 4) is 0 Å². The van der Waals surface area contributed by atoms with Crippen LogP contribution in [0.4, 0.5) is 5.82 Å². The highest BCUT2D eigenvalue weighted by Crippen LogP contribution is 2.21. The van der Waals surface area contributed by atoms with Gasteiger partial charge in [-0.3, -0.25) is 4.79 Å². The van der Waals surface area contributed by atoms with E-state index in [9.17, 15) is 4.79 Å². The Morgan fingerprint density at radius 1 is 1.35 bits per heavy atom. The van der Waals surface area contributed by atoms with Crippen molar-refractivity contribution in [1.82, 2.24) is 9.88 Å². The molecule has 0 bridgehead atoms. The van der Waals surface area contributed by atoms with Crippen LogP contribution in [0.25, 0.3) is 0 Å². The topological polar surface area (TPSA) is 45.2 Å². The standard InChI is InChI=1S/C13H21N3O/c1-13(2,3)10-6-7-11(14-8-10)15-9-12(17)16(4)5/h6-8H,9H2,1-5H3,(H,14,15). The van der Waals surface area contributed by atoms with Crippen LogP contribution < -0.4 is 5.32 Å². The van der Waals surface area contributed by atoms with Crippen LogP contribution in [0.2, 0.25) is 0 Å². The van der Waals surface area contributed by atoms with E-state index in [2.05, 4.69) is 31.1 Å². The molecule has 1 rings (SSSR count). The molecule has 0 saturated carbocycles. The lowest BCUT2D eigenvalue weighted by atomic mass is 9.88. The number of amides is 1. The zero-order valence-corrected chi connectivity index (χ0v) is 11.2. The molecular weight excluding hydrogens is 214 g/mol. The molecule has 1 aromatic rings. The molecule has 1 aromatic heterocycles. The number of nitrogens with one attached hydrogen (secondary N) is 1. The SMILES string of the molecule is CN(C)C(=O)CNc1ccc(C(C)(C)C)cn1. The number of carbonyl (C=O) groups excluding carboxylic acids is 1. The van der Waals surface area contributed by atoms with Crippen LogP contribution in [0, 0.1) is 0 Å². The molecule has 94 valence electrons. The summed E-state index contributed by atoms with van der Waals surface area (Å²) in [6, 6.07) is 3.94. The van der Waals surface area contributed by atoms with Crippen molar-refractivity contribution in [1.29, 1.82) is 0 Å². The summed E-state index contributed by atoms with van der Waals surface area (Å²) in [5.41, 5.74) is 1.28. The second-order valence-corrected chi connectivity index (χ2v) is 5.32. The molecule has 0 atom stereocenters. The van der Waals surface area contributed by atoms with Crippen molar-refractivity contribution in [2.24, 2.45) is 0 Å². The molecule has 0 unspecified atom stereocenters. The van der Waals surface area contributed by atoms with E-state index in [0.717, 1.165) is 5.82 Å². The summed E-state index contributed by atoms with van der Waals surface area (Å²) < 4.78 is 0. The average Bonchev–Trinajstić information content (AvgIpc) is 2.25. The Balaban J connectivity index is 2.61. The highest BCUT2D eigenvalue weighted by Gasteiger charge is 2.13. The second kappa shape index (κ2) is 5.17. The molecular formula is C13H21N3O. The maximum absolute atomic E-state index is 11.4. The lowest BCUT2D eigenvalue weighted by Gasteiger charge is -2.18. The van der Waals surface area contributed by atoms with E-state index in [1.54, 1.807) is 19.0 Å². The normalized spacial score (nSPS) is 11.1. The summed E-state index contributed by atoms with van der Waals surface area (Å²) in [5, 5.41) is 3.00. The van der Waals surface area contributed by atoms with Crippen molar-refractivity contribution in [3.63, 3.8) is 0 Å². The molecule has 0 aromatic carbocycles. The summed E-state index contributed by atoms with van der Waals surface area (Å²) in [6.07, 6.45) is 1.85. The van der Waals surface area contributed by atoms with Gasteiger partial charge >= 0.3 is 0 Å². The Morgan fingerprint density at radius 2 is 2.00 bits per heavy atom. The molecule has 1 N–H and O–H groups in total. The number of hydrogen-bond acceptors (Lipinski definition) is 3. The van der Waals surface area contributed by atoms with Gasteiger partial charge in [-0.25, -0.2) is 4.98 Å². The monoisotopic (exact) mass is 235 g/mol. The number of likely N-dealkylation sites (N-methyl/N-ethyl adjacent to an activating group) is 1. The van der Waals surface area contributed by atoms with Gasteiger partial charge in [0.1, 0.15) is 5.82 Å². The third-order valence-corrected chi connectivity index (χ3v) is 2.55. The molecule has 1 heterocycles. The molecule has 0 saturated heterocycles. The summed E-state index contributed by atoms with van der Waals surface area (Å²) in [6.45, 7) is 6.71. The number of nitrogens with zero attached hydrogens (tertiary/aromatic N) is 2. The predicted molar refractivity (Wildman–Crippen MR) is 70.1 cm³/mol. The minimum absolute atomic E-state index is 0.0340. The fourth-order valence-electron chi connectivity index (χ4n) is 1.27. The average molecular weight is 235 g/mol. The molecule has 4 nitrogen and oxygen atoms in total. The maximum Gasteiger partial charge on any atom is 0.241 e. The Hall–Kier alpha value is -1.58. The molecule has 4 heteroatoms. The van der Waals surface area contributed by atoms with E-state index in [1.807, 2.05) is 18.3 Å².